The van der Waals surface area contributed by atoms with E-state index in [4.69, 9.17) is 4.42 Å². The summed E-state index contributed by atoms with van der Waals surface area (Å²) < 4.78 is 5.23. The van der Waals surface area contributed by atoms with Gasteiger partial charge in [-0.1, -0.05) is 6.92 Å². The molecule has 2 rings (SSSR count). The zero-order valence-electron chi connectivity index (χ0n) is 13.0. The van der Waals surface area contributed by atoms with Gasteiger partial charge >= 0.3 is 0 Å². The van der Waals surface area contributed by atoms with Gasteiger partial charge in [0.05, 0.1) is 12.9 Å². The molecule has 2 unspecified atom stereocenters. The summed E-state index contributed by atoms with van der Waals surface area (Å²) in [5, 5.41) is 12.2. The fraction of sp³-hybridized carbons (Fsp3) is 0.625. The second-order valence-corrected chi connectivity index (χ2v) is 5.61. The number of aliphatic hydroxyl groups excluding tert-OH is 1. The minimum Gasteiger partial charge on any atom is -0.467 e. The average molecular weight is 308 g/mol. The van der Waals surface area contributed by atoms with Crippen LogP contribution in [0.5, 0.6) is 0 Å². The summed E-state index contributed by atoms with van der Waals surface area (Å²) in [6.07, 6.45) is 5.26. The van der Waals surface area contributed by atoms with Crippen LogP contribution in [0, 0.1) is 0 Å². The fourth-order valence-corrected chi connectivity index (χ4v) is 2.82. The number of furan rings is 1. The number of carbonyl (C=O) groups excluding carboxylic acids is 2. The molecule has 1 aromatic heterocycles. The smallest absolute Gasteiger partial charge is 0.243 e. The molecule has 2 amide bonds. The number of hydrogen-bond donors (Lipinski definition) is 2. The van der Waals surface area contributed by atoms with Crippen LogP contribution in [0.15, 0.2) is 22.8 Å². The second kappa shape index (κ2) is 7.98. The van der Waals surface area contributed by atoms with E-state index in [2.05, 4.69) is 5.32 Å². The van der Waals surface area contributed by atoms with Gasteiger partial charge < -0.3 is 19.7 Å². The molecule has 0 spiro atoms. The van der Waals surface area contributed by atoms with Crippen molar-refractivity contribution in [2.75, 3.05) is 13.2 Å². The van der Waals surface area contributed by atoms with Crippen molar-refractivity contribution in [2.45, 2.75) is 51.1 Å². The predicted octanol–water partition coefficient (Wildman–Crippen LogP) is 1.61. The number of nitrogens with zero attached hydrogens (tertiary/aromatic N) is 1. The topological polar surface area (TPSA) is 82.8 Å². The van der Waals surface area contributed by atoms with Crippen LogP contribution in [0.4, 0.5) is 0 Å². The van der Waals surface area contributed by atoms with Gasteiger partial charge in [-0.05, 0) is 37.8 Å². The maximum Gasteiger partial charge on any atom is 0.243 e. The molecule has 1 aliphatic heterocycles. The number of nitrogens with one attached hydrogen (secondary N) is 1. The largest absolute Gasteiger partial charge is 0.467 e. The van der Waals surface area contributed by atoms with Crippen molar-refractivity contribution in [3.63, 3.8) is 0 Å². The summed E-state index contributed by atoms with van der Waals surface area (Å²) in [5.41, 5.74) is 0. The third-order valence-corrected chi connectivity index (χ3v) is 3.98. The summed E-state index contributed by atoms with van der Waals surface area (Å²) in [6, 6.07) is 2.40. The van der Waals surface area contributed by atoms with E-state index in [0.717, 1.165) is 19.3 Å². The molecule has 6 nitrogen and oxygen atoms in total. The van der Waals surface area contributed by atoms with Gasteiger partial charge in [0.15, 0.2) is 0 Å². The van der Waals surface area contributed by atoms with E-state index < -0.39 is 12.1 Å². The highest BCUT2D eigenvalue weighted by atomic mass is 16.3. The Kier molecular flexibility index (Phi) is 6.00. The summed E-state index contributed by atoms with van der Waals surface area (Å²) in [7, 11) is 0. The molecule has 1 aliphatic rings. The fourth-order valence-electron chi connectivity index (χ4n) is 2.82. The van der Waals surface area contributed by atoms with E-state index in [0.29, 0.717) is 25.1 Å². The van der Waals surface area contributed by atoms with Crippen molar-refractivity contribution in [1.29, 1.82) is 0 Å². The lowest BCUT2D eigenvalue weighted by Gasteiger charge is -2.35. The van der Waals surface area contributed by atoms with Crippen molar-refractivity contribution < 1.29 is 19.1 Å². The molecule has 0 saturated carbocycles. The molecule has 1 saturated heterocycles. The number of amides is 2. The first-order chi connectivity index (χ1) is 10.7. The van der Waals surface area contributed by atoms with Gasteiger partial charge in [0, 0.05) is 13.0 Å². The second-order valence-electron chi connectivity index (χ2n) is 5.61. The predicted molar refractivity (Wildman–Crippen MR) is 80.9 cm³/mol. The SMILES string of the molecule is CCCC(=O)N1CCCCC1C(=O)NC(CO)c1ccco1. The van der Waals surface area contributed by atoms with E-state index in [9.17, 15) is 14.7 Å². The summed E-state index contributed by atoms with van der Waals surface area (Å²) >= 11 is 0. The molecule has 0 bridgehead atoms. The molecule has 2 atom stereocenters. The Morgan fingerprint density at radius 2 is 2.32 bits per heavy atom. The average Bonchev–Trinajstić information content (AvgIpc) is 3.07. The lowest BCUT2D eigenvalue weighted by Crippen LogP contribution is -2.52. The molecular weight excluding hydrogens is 284 g/mol. The summed E-state index contributed by atoms with van der Waals surface area (Å²) in [4.78, 5) is 26.4. The molecule has 2 heterocycles. The Balaban J connectivity index is 2.03. The molecule has 0 aliphatic carbocycles. The number of carbonyl (C=O) groups is 2. The van der Waals surface area contributed by atoms with Crippen LogP contribution in [0.2, 0.25) is 0 Å². The first-order valence-electron chi connectivity index (χ1n) is 7.91. The monoisotopic (exact) mass is 308 g/mol. The number of rotatable bonds is 6. The molecule has 1 aromatic rings. The Morgan fingerprint density at radius 3 is 2.95 bits per heavy atom. The van der Waals surface area contributed by atoms with Crippen molar-refractivity contribution in [3.05, 3.63) is 24.2 Å². The lowest BCUT2D eigenvalue weighted by atomic mass is 10.00. The van der Waals surface area contributed by atoms with E-state index in [1.165, 1.54) is 6.26 Å². The Hall–Kier alpha value is -1.82. The number of hydrogen-bond acceptors (Lipinski definition) is 4. The quantitative estimate of drug-likeness (QED) is 0.836. The zero-order valence-corrected chi connectivity index (χ0v) is 13.0. The van der Waals surface area contributed by atoms with Gasteiger partial charge in [0.2, 0.25) is 11.8 Å². The van der Waals surface area contributed by atoms with Crippen molar-refractivity contribution >= 4 is 11.8 Å². The standard InChI is InChI=1S/C16H24N2O4/c1-2-6-15(20)18-9-4-3-7-13(18)16(21)17-12(11-19)14-8-5-10-22-14/h5,8,10,12-13,19H,2-4,6-7,9,11H2,1H3,(H,17,21). The van der Waals surface area contributed by atoms with Gasteiger partial charge in [-0.15, -0.1) is 0 Å². The van der Waals surface area contributed by atoms with Crippen molar-refractivity contribution in [2.24, 2.45) is 0 Å². The lowest BCUT2D eigenvalue weighted by molar-refractivity contribution is -0.142. The van der Waals surface area contributed by atoms with Crippen LogP contribution < -0.4 is 5.32 Å². The highest BCUT2D eigenvalue weighted by Crippen LogP contribution is 2.20. The highest BCUT2D eigenvalue weighted by Gasteiger charge is 2.32. The Morgan fingerprint density at radius 1 is 1.50 bits per heavy atom. The van der Waals surface area contributed by atoms with E-state index in [1.807, 2.05) is 6.92 Å². The van der Waals surface area contributed by atoms with E-state index >= 15 is 0 Å². The third-order valence-electron chi connectivity index (χ3n) is 3.98. The van der Waals surface area contributed by atoms with E-state index in [1.54, 1.807) is 17.0 Å². The van der Waals surface area contributed by atoms with Crippen LogP contribution >= 0.6 is 0 Å². The minimum atomic E-state index is -0.576. The molecule has 0 aromatic carbocycles. The Bertz CT molecular complexity index is 486. The maximum absolute atomic E-state index is 12.5. The number of likely N-dealkylation sites (tertiary alicyclic amines) is 1. The zero-order chi connectivity index (χ0) is 15.9. The van der Waals surface area contributed by atoms with Gasteiger partial charge in [-0.25, -0.2) is 0 Å². The van der Waals surface area contributed by atoms with Gasteiger partial charge in [-0.3, -0.25) is 9.59 Å². The highest BCUT2D eigenvalue weighted by molar-refractivity contribution is 5.88. The molecule has 1 fully saturated rings. The van der Waals surface area contributed by atoms with Crippen LogP contribution in [-0.2, 0) is 9.59 Å². The first kappa shape index (κ1) is 16.5. The van der Waals surface area contributed by atoms with Gasteiger partial charge in [0.25, 0.3) is 0 Å². The molecule has 122 valence electrons. The molecular formula is C16H24N2O4. The third kappa shape index (κ3) is 3.88. The molecule has 2 N–H and O–H groups in total. The van der Waals surface area contributed by atoms with E-state index in [-0.39, 0.29) is 18.4 Å². The summed E-state index contributed by atoms with van der Waals surface area (Å²) in [6.45, 7) is 2.34. The van der Waals surface area contributed by atoms with Crippen molar-refractivity contribution in [3.8, 4) is 0 Å². The van der Waals surface area contributed by atoms with Crippen LogP contribution in [-0.4, -0.2) is 41.0 Å². The van der Waals surface area contributed by atoms with Gasteiger partial charge in [0.1, 0.15) is 17.8 Å². The van der Waals surface area contributed by atoms with Gasteiger partial charge in [-0.2, -0.15) is 0 Å². The first-order valence-corrected chi connectivity index (χ1v) is 7.91. The molecule has 22 heavy (non-hydrogen) atoms. The Labute approximate surface area is 130 Å². The van der Waals surface area contributed by atoms with Crippen LogP contribution in [0.1, 0.15) is 50.8 Å². The minimum absolute atomic E-state index is 0.0286. The number of piperidine rings is 1. The molecule has 6 heteroatoms. The van der Waals surface area contributed by atoms with Crippen LogP contribution in [0.25, 0.3) is 0 Å². The normalized spacial score (nSPS) is 19.7. The van der Waals surface area contributed by atoms with Crippen LogP contribution in [0.3, 0.4) is 0 Å². The number of aliphatic hydroxyl groups is 1. The summed E-state index contributed by atoms with van der Waals surface area (Å²) in [5.74, 6) is 0.318. The van der Waals surface area contributed by atoms with Crippen molar-refractivity contribution in [1.82, 2.24) is 10.2 Å². The molecule has 0 radical (unpaired) electrons. The maximum atomic E-state index is 12.5.